The summed E-state index contributed by atoms with van der Waals surface area (Å²) in [6.45, 7) is 7.21. The van der Waals surface area contributed by atoms with Crippen LogP contribution >= 0.6 is 0 Å². The largest absolute Gasteiger partial charge is 0.436 e. The van der Waals surface area contributed by atoms with Crippen LogP contribution in [0.4, 0.5) is 13.2 Å². The molecule has 0 saturated heterocycles. The number of amides is 1. The number of aryl methyl sites for hydroxylation is 1. The van der Waals surface area contributed by atoms with Crippen LogP contribution in [-0.2, 0) is 12.7 Å². The van der Waals surface area contributed by atoms with Crippen molar-refractivity contribution in [3.8, 4) is 17.5 Å². The molecule has 1 saturated carbocycles. The van der Waals surface area contributed by atoms with Crippen LogP contribution in [0, 0.1) is 24.2 Å². The molecule has 6 nitrogen and oxygen atoms in total. The average molecular weight is 619 g/mol. The number of nitrogens with zero attached hydrogens (tertiary/aromatic N) is 2. The van der Waals surface area contributed by atoms with Gasteiger partial charge in [0.2, 0.25) is 5.89 Å². The Labute approximate surface area is 263 Å². The van der Waals surface area contributed by atoms with Crippen LogP contribution < -0.4 is 10.6 Å². The normalized spacial score (nSPS) is 13.8. The number of rotatable bonds is 8. The van der Waals surface area contributed by atoms with Crippen molar-refractivity contribution in [1.29, 1.82) is 5.26 Å². The number of halogens is 3. The molecule has 0 radical (unpaired) electrons. The van der Waals surface area contributed by atoms with E-state index in [4.69, 9.17) is 4.42 Å². The summed E-state index contributed by atoms with van der Waals surface area (Å²) in [6, 6.07) is 17.1. The number of oxazole rings is 1. The monoisotopic (exact) mass is 618 g/mol. The van der Waals surface area contributed by atoms with E-state index in [-0.39, 0.29) is 11.8 Å². The minimum Gasteiger partial charge on any atom is -0.436 e. The number of carbonyl (C=O) groups excluding carboxylic acids is 1. The Morgan fingerprint density at radius 3 is 2.40 bits per heavy atom. The first-order valence-corrected chi connectivity index (χ1v) is 15.5. The fourth-order valence-corrected chi connectivity index (χ4v) is 5.73. The van der Waals surface area contributed by atoms with Gasteiger partial charge in [0.25, 0.3) is 5.91 Å². The maximum Gasteiger partial charge on any atom is 0.416 e. The molecular formula is C36H41F3N4O2. The fraction of sp³-hybridized carbons (Fsp3) is 0.417. The SMILES string of the molecule is CNC(=O)c1ccc(-c2nc3cc(C#N)cc(C(C)C)c3o2)cc1.Cc1cc(CNCCC2CCCCC2)cc(C(F)(F)F)c1. The molecule has 2 N–H and O–H groups in total. The van der Waals surface area contributed by atoms with Crippen molar-refractivity contribution >= 4 is 17.0 Å². The molecule has 1 amide bonds. The highest BCUT2D eigenvalue weighted by molar-refractivity contribution is 5.94. The summed E-state index contributed by atoms with van der Waals surface area (Å²) in [5, 5.41) is 15.1. The highest BCUT2D eigenvalue weighted by Crippen LogP contribution is 2.32. The smallest absolute Gasteiger partial charge is 0.416 e. The van der Waals surface area contributed by atoms with Gasteiger partial charge in [-0.2, -0.15) is 18.4 Å². The van der Waals surface area contributed by atoms with Crippen molar-refractivity contribution in [3.63, 3.8) is 0 Å². The number of aromatic nitrogens is 1. The molecule has 4 aromatic rings. The highest BCUT2D eigenvalue weighted by atomic mass is 19.4. The molecule has 9 heteroatoms. The molecular weight excluding hydrogens is 577 g/mol. The second-order valence-corrected chi connectivity index (χ2v) is 12.0. The van der Waals surface area contributed by atoms with Crippen LogP contribution in [0.15, 0.2) is 59.0 Å². The van der Waals surface area contributed by atoms with Gasteiger partial charge >= 0.3 is 6.18 Å². The zero-order chi connectivity index (χ0) is 32.6. The third-order valence-electron chi connectivity index (χ3n) is 8.14. The molecule has 0 atom stereocenters. The standard InChI is InChI=1S/C19H17N3O2.C17H24F3N/c1-11(2)15-8-12(10-20)9-16-17(15)24-19(22-16)14-6-4-13(5-7-14)18(23)21-3;1-13-9-15(11-16(10-13)17(18,19)20)12-21-8-7-14-5-3-2-4-6-14/h4-9,11H,1-3H3,(H,21,23);9-11,14,21H,2-8,12H2,1H3. The van der Waals surface area contributed by atoms with Crippen molar-refractivity contribution in [1.82, 2.24) is 15.6 Å². The van der Waals surface area contributed by atoms with Gasteiger partial charge in [-0.1, -0.05) is 57.6 Å². The van der Waals surface area contributed by atoms with Gasteiger partial charge in [-0.05, 0) is 85.8 Å². The van der Waals surface area contributed by atoms with E-state index >= 15 is 0 Å². The molecule has 0 unspecified atom stereocenters. The zero-order valence-electron chi connectivity index (χ0n) is 26.4. The summed E-state index contributed by atoms with van der Waals surface area (Å²) in [7, 11) is 1.59. The zero-order valence-corrected chi connectivity index (χ0v) is 26.4. The Morgan fingerprint density at radius 1 is 1.07 bits per heavy atom. The first kappa shape index (κ1) is 33.7. The lowest BCUT2D eigenvalue weighted by Crippen LogP contribution is -2.19. The summed E-state index contributed by atoms with van der Waals surface area (Å²) in [5.74, 6) is 1.36. The lowest BCUT2D eigenvalue weighted by Gasteiger charge is -2.21. The summed E-state index contributed by atoms with van der Waals surface area (Å²) < 4.78 is 44.2. The molecule has 1 aromatic heterocycles. The highest BCUT2D eigenvalue weighted by Gasteiger charge is 2.30. The number of hydrogen-bond donors (Lipinski definition) is 2. The quantitative estimate of drug-likeness (QED) is 0.193. The maximum absolute atomic E-state index is 12.8. The number of alkyl halides is 3. The van der Waals surface area contributed by atoms with Crippen LogP contribution in [-0.4, -0.2) is 24.5 Å². The van der Waals surface area contributed by atoms with Gasteiger partial charge in [0.05, 0.1) is 17.2 Å². The van der Waals surface area contributed by atoms with Crippen LogP contribution in [0.25, 0.3) is 22.6 Å². The minimum atomic E-state index is -4.26. The molecule has 238 valence electrons. The molecule has 0 spiro atoms. The van der Waals surface area contributed by atoms with E-state index < -0.39 is 11.7 Å². The predicted octanol–water partition coefficient (Wildman–Crippen LogP) is 8.92. The lowest BCUT2D eigenvalue weighted by molar-refractivity contribution is -0.137. The Bertz CT molecular complexity index is 1630. The molecule has 0 bridgehead atoms. The van der Waals surface area contributed by atoms with Crippen LogP contribution in [0.3, 0.4) is 0 Å². The van der Waals surface area contributed by atoms with E-state index in [1.165, 1.54) is 44.2 Å². The molecule has 45 heavy (non-hydrogen) atoms. The molecule has 1 fully saturated rings. The topological polar surface area (TPSA) is 91.0 Å². The molecule has 0 aliphatic heterocycles. The third-order valence-corrected chi connectivity index (χ3v) is 8.14. The van der Waals surface area contributed by atoms with Gasteiger partial charge in [0, 0.05) is 30.3 Å². The van der Waals surface area contributed by atoms with Gasteiger partial charge in [0.1, 0.15) is 5.52 Å². The van der Waals surface area contributed by atoms with E-state index in [0.29, 0.717) is 45.8 Å². The number of hydrogen-bond acceptors (Lipinski definition) is 5. The number of benzene rings is 3. The summed E-state index contributed by atoms with van der Waals surface area (Å²) in [4.78, 5) is 16.1. The second kappa shape index (κ2) is 15.2. The van der Waals surface area contributed by atoms with Crippen LogP contribution in [0.2, 0.25) is 0 Å². The third kappa shape index (κ3) is 9.18. The number of fused-ring (bicyclic) bond motifs is 1. The van der Waals surface area contributed by atoms with Gasteiger partial charge in [-0.15, -0.1) is 0 Å². The fourth-order valence-electron chi connectivity index (χ4n) is 5.73. The van der Waals surface area contributed by atoms with E-state index in [1.807, 2.05) is 12.1 Å². The van der Waals surface area contributed by atoms with Crippen LogP contribution in [0.1, 0.15) is 96.5 Å². The second-order valence-electron chi connectivity index (χ2n) is 12.0. The Kier molecular flexibility index (Phi) is 11.4. The van der Waals surface area contributed by atoms with Crippen molar-refractivity contribution in [2.75, 3.05) is 13.6 Å². The Balaban J connectivity index is 0.000000207. The Morgan fingerprint density at radius 2 is 1.78 bits per heavy atom. The minimum absolute atomic E-state index is 0.139. The molecule has 1 heterocycles. The van der Waals surface area contributed by atoms with E-state index in [1.54, 1.807) is 44.3 Å². The van der Waals surface area contributed by atoms with Crippen molar-refractivity contribution < 1.29 is 22.4 Å². The van der Waals surface area contributed by atoms with Crippen molar-refractivity contribution in [2.24, 2.45) is 5.92 Å². The first-order chi connectivity index (χ1) is 21.5. The van der Waals surface area contributed by atoms with Gasteiger partial charge < -0.3 is 15.1 Å². The first-order valence-electron chi connectivity index (χ1n) is 15.5. The summed E-state index contributed by atoms with van der Waals surface area (Å²) >= 11 is 0. The molecule has 3 aromatic carbocycles. The van der Waals surface area contributed by atoms with Crippen LogP contribution in [0.5, 0.6) is 0 Å². The van der Waals surface area contributed by atoms with E-state index in [2.05, 4.69) is 35.5 Å². The lowest BCUT2D eigenvalue weighted by atomic mass is 9.87. The average Bonchev–Trinajstić information content (AvgIpc) is 3.46. The van der Waals surface area contributed by atoms with Gasteiger partial charge in [0.15, 0.2) is 5.58 Å². The number of nitrogens with one attached hydrogen (secondary N) is 2. The Hall–Kier alpha value is -4.16. The van der Waals surface area contributed by atoms with Gasteiger partial charge in [-0.25, -0.2) is 4.98 Å². The molecule has 1 aliphatic carbocycles. The summed E-state index contributed by atoms with van der Waals surface area (Å²) in [5.41, 5.74) is 5.09. The van der Waals surface area contributed by atoms with Gasteiger partial charge in [-0.3, -0.25) is 4.79 Å². The molecule has 5 rings (SSSR count). The van der Waals surface area contributed by atoms with Crippen molar-refractivity contribution in [3.05, 3.63) is 88.0 Å². The van der Waals surface area contributed by atoms with E-state index in [9.17, 15) is 23.2 Å². The van der Waals surface area contributed by atoms with E-state index in [0.717, 1.165) is 30.0 Å². The van der Waals surface area contributed by atoms with Crippen molar-refractivity contribution in [2.45, 2.75) is 77.9 Å². The maximum atomic E-state index is 12.8. The molecule has 1 aliphatic rings. The number of carbonyl (C=O) groups is 1. The predicted molar refractivity (Wildman–Crippen MR) is 171 cm³/mol. The summed E-state index contributed by atoms with van der Waals surface area (Å²) in [6.07, 6.45) is 3.51. The number of nitriles is 1.